The zero-order valence-electron chi connectivity index (χ0n) is 24.6. The molecule has 0 radical (unpaired) electrons. The number of esters is 1. The molecule has 0 spiro atoms. The molecule has 0 amide bonds. The van der Waals surface area contributed by atoms with Crippen molar-refractivity contribution in [3.8, 4) is 6.07 Å². The number of Topliss-reactive ketones (excluding diaryl/α,β-unsaturated/α-hetero) is 1. The van der Waals surface area contributed by atoms with Gasteiger partial charge in [-0.2, -0.15) is 5.26 Å². The summed E-state index contributed by atoms with van der Waals surface area (Å²) in [5.41, 5.74) is -1.02. The highest BCUT2D eigenvalue weighted by atomic mass is 16.5. The first kappa shape index (κ1) is 27.4. The Bertz CT molecular complexity index is 1220. The van der Waals surface area contributed by atoms with E-state index in [4.69, 9.17) is 4.74 Å². The highest BCUT2D eigenvalue weighted by Gasteiger charge is 2.71. The maximum absolute atomic E-state index is 14.4. The van der Waals surface area contributed by atoms with Crippen molar-refractivity contribution in [3.63, 3.8) is 0 Å². The fraction of sp³-hybridized carbons (Fsp3) is 0.758. The normalized spacial score (nSPS) is 44.8. The number of hydrogen-bond donors (Lipinski definition) is 0. The minimum Gasteiger partial charge on any atom is -0.466 e. The molecule has 0 saturated heterocycles. The van der Waals surface area contributed by atoms with E-state index >= 15 is 0 Å². The number of rotatable bonds is 2. The molecule has 5 heteroatoms. The Morgan fingerprint density at radius 3 is 2.32 bits per heavy atom. The van der Waals surface area contributed by atoms with Gasteiger partial charge >= 0.3 is 5.97 Å². The molecule has 5 rings (SSSR count). The zero-order valence-corrected chi connectivity index (χ0v) is 24.6. The second kappa shape index (κ2) is 8.15. The van der Waals surface area contributed by atoms with Gasteiger partial charge in [0.2, 0.25) is 0 Å². The van der Waals surface area contributed by atoms with Crippen LogP contribution in [0.2, 0.25) is 0 Å². The predicted octanol–water partition coefficient (Wildman–Crippen LogP) is 6.77. The molecule has 0 aromatic rings. The number of ketones is 2. The van der Waals surface area contributed by atoms with Crippen molar-refractivity contribution in [2.24, 2.45) is 50.2 Å². The van der Waals surface area contributed by atoms with Crippen molar-refractivity contribution in [2.75, 3.05) is 6.61 Å². The predicted molar refractivity (Wildman–Crippen MR) is 146 cm³/mol. The molecular weight excluding hydrogens is 474 g/mol. The van der Waals surface area contributed by atoms with Gasteiger partial charge in [0.1, 0.15) is 6.07 Å². The van der Waals surface area contributed by atoms with Crippen LogP contribution >= 0.6 is 0 Å². The van der Waals surface area contributed by atoms with E-state index in [0.29, 0.717) is 6.61 Å². The lowest BCUT2D eigenvalue weighted by molar-refractivity contribution is -0.192. The van der Waals surface area contributed by atoms with E-state index in [-0.39, 0.29) is 57.1 Å². The molecule has 0 aliphatic heterocycles. The highest BCUT2D eigenvalue weighted by molar-refractivity contribution is 6.04. The Hall–Kier alpha value is -2.22. The summed E-state index contributed by atoms with van der Waals surface area (Å²) in [5, 5.41) is 9.88. The summed E-state index contributed by atoms with van der Waals surface area (Å²) in [6.07, 6.45) is 9.69. The van der Waals surface area contributed by atoms with Crippen LogP contribution in [0.3, 0.4) is 0 Å². The Kier molecular flexibility index (Phi) is 5.87. The lowest BCUT2D eigenvalue weighted by Gasteiger charge is -2.68. The van der Waals surface area contributed by atoms with Crippen molar-refractivity contribution in [3.05, 3.63) is 23.3 Å². The van der Waals surface area contributed by atoms with Gasteiger partial charge in [0.05, 0.1) is 17.6 Å². The number of hydrogen-bond acceptors (Lipinski definition) is 5. The Labute approximate surface area is 228 Å². The monoisotopic (exact) mass is 519 g/mol. The summed E-state index contributed by atoms with van der Waals surface area (Å²) >= 11 is 0. The van der Waals surface area contributed by atoms with E-state index in [1.54, 1.807) is 0 Å². The van der Waals surface area contributed by atoms with Crippen LogP contribution in [-0.2, 0) is 19.1 Å². The van der Waals surface area contributed by atoms with Gasteiger partial charge in [0, 0.05) is 16.7 Å². The van der Waals surface area contributed by atoms with Crippen LogP contribution in [0.5, 0.6) is 0 Å². The number of carbonyl (C=O) groups is 3. The van der Waals surface area contributed by atoms with Crippen molar-refractivity contribution >= 4 is 17.5 Å². The summed E-state index contributed by atoms with van der Waals surface area (Å²) in [4.78, 5) is 41.3. The SMILES string of the molecule is CCOC(=O)[C@]12CCC(C)(C)CC1C1C(=O)C=C3C4(C)C=C(C#N)C(=O)C(C)(C)C4CCC3(C)[C@]1(C)CC2. The van der Waals surface area contributed by atoms with E-state index in [0.717, 1.165) is 50.5 Å². The standard InChI is InChI=1S/C33H45NO4/c1-9-38-27(37)33-14-12-28(2,3)18-21(33)25-22(35)16-24-30(6)17-20(19-34)26(36)29(4,5)23(30)10-11-31(24,7)32(25,8)13-15-33/h16-17,21,23,25H,9-15,18H2,1-8H3/t21?,23?,25?,30?,31?,32-,33+/m1/s1. The quantitative estimate of drug-likeness (QED) is 0.376. The van der Waals surface area contributed by atoms with Crippen LogP contribution in [0.1, 0.15) is 100 Å². The average Bonchev–Trinajstić information content (AvgIpc) is 2.82. The number of carbonyl (C=O) groups excluding carboxylic acids is 3. The number of allylic oxidation sites excluding steroid dienone is 4. The van der Waals surface area contributed by atoms with E-state index < -0.39 is 16.2 Å². The first-order valence-electron chi connectivity index (χ1n) is 14.7. The third-order valence-corrected chi connectivity index (χ3v) is 12.5. The van der Waals surface area contributed by atoms with Crippen LogP contribution in [0.4, 0.5) is 0 Å². The second-order valence-electron chi connectivity index (χ2n) is 15.1. The number of fused-ring (bicyclic) bond motifs is 7. The van der Waals surface area contributed by atoms with Crippen LogP contribution in [0, 0.1) is 61.6 Å². The Balaban J connectivity index is 1.69. The number of nitriles is 1. The maximum atomic E-state index is 14.4. The van der Waals surface area contributed by atoms with E-state index in [2.05, 4.69) is 40.7 Å². The lowest BCUT2D eigenvalue weighted by Crippen LogP contribution is -2.66. The van der Waals surface area contributed by atoms with Gasteiger partial charge in [0.15, 0.2) is 11.6 Å². The van der Waals surface area contributed by atoms with Gasteiger partial charge in [0.25, 0.3) is 0 Å². The first-order valence-corrected chi connectivity index (χ1v) is 14.7. The highest BCUT2D eigenvalue weighted by Crippen LogP contribution is 2.74. The minimum absolute atomic E-state index is 0.0303. The molecule has 3 saturated carbocycles. The smallest absolute Gasteiger partial charge is 0.312 e. The third-order valence-electron chi connectivity index (χ3n) is 12.5. The molecule has 3 fully saturated rings. The van der Waals surface area contributed by atoms with Gasteiger partial charge in [-0.15, -0.1) is 0 Å². The molecule has 0 aromatic carbocycles. The molecule has 0 aromatic heterocycles. The van der Waals surface area contributed by atoms with E-state index in [1.807, 2.05) is 32.9 Å². The minimum atomic E-state index is -0.670. The maximum Gasteiger partial charge on any atom is 0.312 e. The Morgan fingerprint density at radius 2 is 1.68 bits per heavy atom. The van der Waals surface area contributed by atoms with Crippen LogP contribution < -0.4 is 0 Å². The van der Waals surface area contributed by atoms with Crippen LogP contribution in [0.25, 0.3) is 0 Å². The first-order chi connectivity index (χ1) is 17.5. The molecule has 5 aliphatic carbocycles. The van der Waals surface area contributed by atoms with Crippen molar-refractivity contribution < 1.29 is 19.1 Å². The van der Waals surface area contributed by atoms with Gasteiger partial charge in [-0.05, 0) is 86.0 Å². The summed E-state index contributed by atoms with van der Waals surface area (Å²) in [6, 6.07) is 2.18. The largest absolute Gasteiger partial charge is 0.466 e. The molecule has 7 atom stereocenters. The second-order valence-corrected chi connectivity index (χ2v) is 15.1. The molecule has 5 unspecified atom stereocenters. The average molecular weight is 520 g/mol. The summed E-state index contributed by atoms with van der Waals surface area (Å²) < 4.78 is 5.70. The molecular formula is C33H45NO4. The van der Waals surface area contributed by atoms with Gasteiger partial charge in [-0.3, -0.25) is 14.4 Å². The topological polar surface area (TPSA) is 84.2 Å². The van der Waals surface area contributed by atoms with E-state index in [9.17, 15) is 19.6 Å². The Morgan fingerprint density at radius 1 is 1.03 bits per heavy atom. The van der Waals surface area contributed by atoms with E-state index in [1.165, 1.54) is 0 Å². The molecule has 5 aliphatic rings. The fourth-order valence-corrected chi connectivity index (χ4v) is 10.3. The number of ether oxygens (including phenoxy) is 1. The van der Waals surface area contributed by atoms with Crippen molar-refractivity contribution in [1.29, 1.82) is 5.26 Å². The molecule has 0 N–H and O–H groups in total. The molecule has 0 bridgehead atoms. The van der Waals surface area contributed by atoms with Gasteiger partial charge in [-0.25, -0.2) is 0 Å². The summed E-state index contributed by atoms with van der Waals surface area (Å²) in [7, 11) is 0. The lowest BCUT2D eigenvalue weighted by atomic mass is 9.34. The molecule has 206 valence electrons. The fourth-order valence-electron chi connectivity index (χ4n) is 10.3. The number of nitrogens with zero attached hydrogens (tertiary/aromatic N) is 1. The third kappa shape index (κ3) is 3.24. The van der Waals surface area contributed by atoms with Crippen molar-refractivity contribution in [2.45, 2.75) is 100 Å². The summed E-state index contributed by atoms with van der Waals surface area (Å²) in [5.74, 6) is -0.334. The molecule has 0 heterocycles. The van der Waals surface area contributed by atoms with Gasteiger partial charge in [-0.1, -0.05) is 60.1 Å². The zero-order chi connectivity index (χ0) is 28.1. The van der Waals surface area contributed by atoms with Crippen LogP contribution in [-0.4, -0.2) is 24.1 Å². The van der Waals surface area contributed by atoms with Crippen molar-refractivity contribution in [1.82, 2.24) is 0 Å². The summed E-state index contributed by atoms with van der Waals surface area (Å²) in [6.45, 7) is 17.5. The van der Waals surface area contributed by atoms with Gasteiger partial charge < -0.3 is 4.74 Å². The molecule has 38 heavy (non-hydrogen) atoms. The molecule has 5 nitrogen and oxygen atoms in total. The van der Waals surface area contributed by atoms with Crippen LogP contribution in [0.15, 0.2) is 23.3 Å².